The molecular weight excluding hydrogens is 384 g/mol. The molecule has 2 aliphatic rings. The molecule has 0 aliphatic carbocycles. The Morgan fingerprint density at radius 3 is 2.73 bits per heavy atom. The maximum Gasteiger partial charge on any atom is 0.317 e. The summed E-state index contributed by atoms with van der Waals surface area (Å²) in [7, 11) is 1.52. The number of hydrogen-bond acceptors (Lipinski definition) is 5. The van der Waals surface area contributed by atoms with Gasteiger partial charge in [-0.3, -0.25) is 9.89 Å². The molecule has 2 aliphatic heterocycles. The van der Waals surface area contributed by atoms with Gasteiger partial charge in [0.25, 0.3) is 0 Å². The second-order valence-electron chi connectivity index (χ2n) is 8.15. The Labute approximate surface area is 175 Å². The van der Waals surface area contributed by atoms with Gasteiger partial charge >= 0.3 is 6.03 Å². The lowest BCUT2D eigenvalue weighted by atomic mass is 9.72. The van der Waals surface area contributed by atoms with E-state index in [1.54, 1.807) is 0 Å². The van der Waals surface area contributed by atoms with E-state index in [0.29, 0.717) is 39.1 Å². The molecule has 0 spiro atoms. The molecule has 0 radical (unpaired) electrons. The van der Waals surface area contributed by atoms with Crippen LogP contribution in [0, 0.1) is 12.8 Å². The van der Waals surface area contributed by atoms with Crippen molar-refractivity contribution in [2.45, 2.75) is 25.3 Å². The number of rotatable bonds is 5. The van der Waals surface area contributed by atoms with Crippen LogP contribution < -0.4 is 5.32 Å². The predicted molar refractivity (Wildman–Crippen MR) is 110 cm³/mol. The minimum atomic E-state index is -0.349. The monoisotopic (exact) mass is 412 g/mol. The van der Waals surface area contributed by atoms with E-state index in [2.05, 4.69) is 20.5 Å². The van der Waals surface area contributed by atoms with Gasteiger partial charge in [-0.15, -0.1) is 0 Å². The molecule has 9 nitrogen and oxygen atoms in total. The van der Waals surface area contributed by atoms with Gasteiger partial charge in [-0.25, -0.2) is 9.78 Å². The molecule has 2 N–H and O–H groups in total. The van der Waals surface area contributed by atoms with Gasteiger partial charge in [0.05, 0.1) is 5.41 Å². The summed E-state index contributed by atoms with van der Waals surface area (Å²) in [6.45, 7) is 4.70. The number of hydrogen-bond donors (Lipinski definition) is 2. The summed E-state index contributed by atoms with van der Waals surface area (Å²) in [5.74, 6) is 1.54. The summed E-state index contributed by atoms with van der Waals surface area (Å²) in [6, 6.07) is 9.74. The lowest BCUT2D eigenvalue weighted by Crippen LogP contribution is -2.52. The van der Waals surface area contributed by atoms with Crippen molar-refractivity contribution in [2.75, 3.05) is 39.9 Å². The smallest absolute Gasteiger partial charge is 0.317 e. The molecule has 160 valence electrons. The van der Waals surface area contributed by atoms with Gasteiger partial charge in [0.2, 0.25) is 5.91 Å². The van der Waals surface area contributed by atoms with Crippen molar-refractivity contribution in [3.05, 3.63) is 47.5 Å². The largest absolute Gasteiger partial charge is 0.375 e. The molecule has 1 aromatic heterocycles. The molecular formula is C21H28N6O3. The Morgan fingerprint density at radius 2 is 2.03 bits per heavy atom. The third-order valence-corrected chi connectivity index (χ3v) is 6.20. The number of aryl methyl sites for hydroxylation is 1. The van der Waals surface area contributed by atoms with Crippen molar-refractivity contribution in [1.29, 1.82) is 0 Å². The standard InChI is InChI=1S/C21H28N6O3/c1-15-23-19(25-24-15)21-8-9-26(18(28)13-30-2)11-17(21)12-27(14-21)20(29)22-10-16-6-4-3-5-7-16/h3-7,17H,8-14H2,1-2H3,(H,22,29)(H,23,24,25)/t17-,21-/m1/s1. The number of urea groups is 1. The highest BCUT2D eigenvalue weighted by Gasteiger charge is 2.54. The molecule has 9 heteroatoms. The molecule has 0 unspecified atom stereocenters. The Hall–Kier alpha value is -2.94. The van der Waals surface area contributed by atoms with Crippen molar-refractivity contribution in [1.82, 2.24) is 30.3 Å². The van der Waals surface area contributed by atoms with Gasteiger partial charge in [0.1, 0.15) is 12.4 Å². The number of likely N-dealkylation sites (tertiary alicyclic amines) is 2. The van der Waals surface area contributed by atoms with Gasteiger partial charge in [-0.05, 0) is 18.9 Å². The maximum absolute atomic E-state index is 12.9. The first-order valence-corrected chi connectivity index (χ1v) is 10.2. The quantitative estimate of drug-likeness (QED) is 0.765. The fraction of sp³-hybridized carbons (Fsp3) is 0.524. The SMILES string of the molecule is COCC(=O)N1CC[C@@]2(c3n[nH]c(C)n3)CN(C(=O)NCc3ccccc3)C[C@H]2C1. The van der Waals surface area contributed by atoms with Crippen LogP contribution >= 0.6 is 0 Å². The number of piperidine rings is 1. The third kappa shape index (κ3) is 3.89. The number of nitrogens with one attached hydrogen (secondary N) is 2. The summed E-state index contributed by atoms with van der Waals surface area (Å²) >= 11 is 0. The molecule has 0 saturated carbocycles. The number of H-pyrrole nitrogens is 1. The van der Waals surface area contributed by atoms with E-state index in [1.165, 1.54) is 7.11 Å². The number of methoxy groups -OCH3 is 1. The number of aromatic amines is 1. The highest BCUT2D eigenvalue weighted by Crippen LogP contribution is 2.44. The Morgan fingerprint density at radius 1 is 1.27 bits per heavy atom. The fourth-order valence-electron chi connectivity index (χ4n) is 4.59. The number of nitrogens with zero attached hydrogens (tertiary/aromatic N) is 4. The van der Waals surface area contributed by atoms with Crippen LogP contribution in [0.2, 0.25) is 0 Å². The zero-order valence-electron chi connectivity index (χ0n) is 17.4. The predicted octanol–water partition coefficient (Wildman–Crippen LogP) is 1.07. The Balaban J connectivity index is 1.50. The third-order valence-electron chi connectivity index (χ3n) is 6.20. The minimum absolute atomic E-state index is 0.0238. The van der Waals surface area contributed by atoms with E-state index in [0.717, 1.165) is 17.2 Å². The number of fused-ring (bicyclic) bond motifs is 1. The average Bonchev–Trinajstić information content (AvgIpc) is 3.37. The number of ether oxygens (including phenoxy) is 1. The second-order valence-corrected chi connectivity index (χ2v) is 8.15. The first kappa shape index (κ1) is 20.3. The van der Waals surface area contributed by atoms with Gasteiger partial charge in [-0.1, -0.05) is 30.3 Å². The molecule has 2 fully saturated rings. The van der Waals surface area contributed by atoms with Crippen LogP contribution in [0.5, 0.6) is 0 Å². The van der Waals surface area contributed by atoms with Crippen LogP contribution in [0.3, 0.4) is 0 Å². The zero-order valence-corrected chi connectivity index (χ0v) is 17.4. The first-order valence-electron chi connectivity index (χ1n) is 10.2. The molecule has 0 bridgehead atoms. The topological polar surface area (TPSA) is 103 Å². The van der Waals surface area contributed by atoms with Crippen molar-refractivity contribution < 1.29 is 14.3 Å². The lowest BCUT2D eigenvalue weighted by molar-refractivity contribution is -0.137. The summed E-state index contributed by atoms with van der Waals surface area (Å²) in [4.78, 5) is 33.6. The Kier molecular flexibility index (Phi) is 5.72. The first-order chi connectivity index (χ1) is 14.5. The lowest BCUT2D eigenvalue weighted by Gasteiger charge is -2.41. The van der Waals surface area contributed by atoms with Crippen LogP contribution in [0.1, 0.15) is 23.6 Å². The van der Waals surface area contributed by atoms with E-state index >= 15 is 0 Å². The average molecular weight is 412 g/mol. The van der Waals surface area contributed by atoms with Crippen molar-refractivity contribution in [3.63, 3.8) is 0 Å². The Bertz CT molecular complexity index is 901. The molecule has 2 saturated heterocycles. The van der Waals surface area contributed by atoms with Crippen LogP contribution in [0.4, 0.5) is 4.79 Å². The molecule has 2 atom stereocenters. The summed E-state index contributed by atoms with van der Waals surface area (Å²) in [6.07, 6.45) is 0.715. The second kappa shape index (κ2) is 8.43. The van der Waals surface area contributed by atoms with Crippen LogP contribution in [-0.4, -0.2) is 76.8 Å². The molecule has 3 heterocycles. The summed E-state index contributed by atoms with van der Waals surface area (Å²) in [5.41, 5.74) is 0.705. The number of benzene rings is 1. The van der Waals surface area contributed by atoms with E-state index in [4.69, 9.17) is 4.74 Å². The molecule has 1 aromatic carbocycles. The minimum Gasteiger partial charge on any atom is -0.375 e. The summed E-state index contributed by atoms with van der Waals surface area (Å²) < 4.78 is 5.02. The normalized spacial score (nSPS) is 23.3. The van der Waals surface area contributed by atoms with Crippen LogP contribution in [0.25, 0.3) is 0 Å². The van der Waals surface area contributed by atoms with Crippen molar-refractivity contribution in [2.24, 2.45) is 5.92 Å². The van der Waals surface area contributed by atoms with Crippen molar-refractivity contribution >= 4 is 11.9 Å². The number of carbonyl (C=O) groups is 2. The molecule has 3 amide bonds. The van der Waals surface area contributed by atoms with Gasteiger partial charge < -0.3 is 19.9 Å². The van der Waals surface area contributed by atoms with E-state index in [9.17, 15) is 9.59 Å². The molecule has 2 aromatic rings. The maximum atomic E-state index is 12.9. The highest BCUT2D eigenvalue weighted by atomic mass is 16.5. The van der Waals surface area contributed by atoms with E-state index in [-0.39, 0.29) is 29.9 Å². The zero-order chi connectivity index (χ0) is 21.1. The van der Waals surface area contributed by atoms with Crippen molar-refractivity contribution in [3.8, 4) is 0 Å². The fourth-order valence-corrected chi connectivity index (χ4v) is 4.59. The molecule has 30 heavy (non-hydrogen) atoms. The van der Waals surface area contributed by atoms with Crippen LogP contribution in [0.15, 0.2) is 30.3 Å². The number of aromatic nitrogens is 3. The van der Waals surface area contributed by atoms with Gasteiger partial charge in [-0.2, -0.15) is 5.10 Å². The number of carbonyl (C=O) groups excluding carboxylic acids is 2. The highest BCUT2D eigenvalue weighted by molar-refractivity contribution is 5.78. The number of amides is 3. The van der Waals surface area contributed by atoms with Gasteiger partial charge in [0.15, 0.2) is 5.82 Å². The van der Waals surface area contributed by atoms with E-state index in [1.807, 2.05) is 47.1 Å². The summed E-state index contributed by atoms with van der Waals surface area (Å²) in [5, 5.41) is 10.4. The van der Waals surface area contributed by atoms with Gasteiger partial charge in [0, 0.05) is 45.8 Å². The van der Waals surface area contributed by atoms with Crippen LogP contribution in [-0.2, 0) is 21.5 Å². The molecule has 4 rings (SSSR count). The van der Waals surface area contributed by atoms with E-state index < -0.39 is 0 Å².